The molecule has 4 atom stereocenters. The second-order valence-electron chi connectivity index (χ2n) is 11.2. The molecule has 1 heterocycles. The van der Waals surface area contributed by atoms with Crippen LogP contribution in [0.25, 0.3) is 11.3 Å². The zero-order valence-electron chi connectivity index (χ0n) is 20.8. The van der Waals surface area contributed by atoms with E-state index in [-0.39, 0.29) is 34.1 Å². The summed E-state index contributed by atoms with van der Waals surface area (Å²) in [7, 11) is 0. The van der Waals surface area contributed by atoms with Gasteiger partial charge in [-0.05, 0) is 75.0 Å². The fraction of sp³-hybridized carbons (Fsp3) is 0.481. The zero-order valence-corrected chi connectivity index (χ0v) is 20.8. The lowest BCUT2D eigenvalue weighted by molar-refractivity contribution is -0.129. The van der Waals surface area contributed by atoms with E-state index in [1.165, 1.54) is 24.6 Å². The van der Waals surface area contributed by atoms with Crippen molar-refractivity contribution in [2.24, 2.45) is 23.0 Å². The summed E-state index contributed by atoms with van der Waals surface area (Å²) in [5.74, 6) is -1.59. The molecule has 188 valence electrons. The van der Waals surface area contributed by atoms with E-state index in [4.69, 9.17) is 11.5 Å². The van der Waals surface area contributed by atoms with E-state index in [0.717, 1.165) is 25.7 Å². The van der Waals surface area contributed by atoms with Crippen LogP contribution in [0, 0.1) is 34.4 Å². The molecule has 0 saturated heterocycles. The number of nitrogen functional groups attached to an aromatic ring is 1. The second-order valence-corrected chi connectivity index (χ2v) is 11.2. The number of nitrogens with one attached hydrogen (secondary N) is 1. The van der Waals surface area contributed by atoms with Gasteiger partial charge < -0.3 is 11.5 Å². The smallest absolute Gasteiger partial charge is 0.252 e. The Hall–Kier alpha value is -3.67. The number of rotatable bonds is 6. The highest BCUT2D eigenvalue weighted by Gasteiger charge is 2.57. The van der Waals surface area contributed by atoms with Crippen LogP contribution >= 0.6 is 0 Å². The molecule has 1 aromatic carbocycles. The third kappa shape index (κ3) is 3.76. The number of aromatic nitrogens is 2. The van der Waals surface area contributed by atoms with Gasteiger partial charge >= 0.3 is 0 Å². The predicted molar refractivity (Wildman–Crippen MR) is 132 cm³/mol. The largest absolute Gasteiger partial charge is 0.402 e. The molecule has 0 radical (unpaired) electrons. The van der Waals surface area contributed by atoms with E-state index in [2.05, 4.69) is 17.3 Å². The number of benzene rings is 1. The molecule has 9 heteroatoms. The Bertz CT molecular complexity index is 1350. The minimum absolute atomic E-state index is 0.129. The van der Waals surface area contributed by atoms with Crippen molar-refractivity contribution in [1.29, 1.82) is 5.26 Å². The third-order valence-corrected chi connectivity index (χ3v) is 8.73. The van der Waals surface area contributed by atoms with Crippen LogP contribution in [-0.4, -0.2) is 21.6 Å². The van der Waals surface area contributed by atoms with Gasteiger partial charge in [-0.1, -0.05) is 13.0 Å². The van der Waals surface area contributed by atoms with Crippen molar-refractivity contribution in [2.45, 2.75) is 64.3 Å². The number of halogens is 1. The van der Waals surface area contributed by atoms with Crippen LogP contribution in [0.5, 0.6) is 0 Å². The van der Waals surface area contributed by atoms with E-state index < -0.39 is 23.5 Å². The van der Waals surface area contributed by atoms with E-state index in [9.17, 15) is 14.9 Å². The van der Waals surface area contributed by atoms with Gasteiger partial charge in [0, 0.05) is 23.3 Å². The number of nitrogens with two attached hydrogens (primary N) is 2. The molecule has 3 saturated carbocycles. The summed E-state index contributed by atoms with van der Waals surface area (Å²) in [6, 6.07) is 6.35. The number of fused-ring (bicyclic) bond motifs is 1. The molecule has 2 amide bonds. The molecule has 5 N–H and O–H groups in total. The predicted octanol–water partition coefficient (Wildman–Crippen LogP) is 3.68. The summed E-state index contributed by atoms with van der Waals surface area (Å²) >= 11 is 0. The summed E-state index contributed by atoms with van der Waals surface area (Å²) in [6.45, 7) is 5.83. The first kappa shape index (κ1) is 24.0. The molecule has 0 bridgehead atoms. The van der Waals surface area contributed by atoms with Crippen molar-refractivity contribution in [2.75, 3.05) is 5.73 Å². The standard InChI is InChI=1S/C27H31FN6O2/c1-14(25(36)32-22(35)11-21(30)17-12-26(2)7-6-19(17)26)15-4-5-16(20(28)10-15)23-18(13-29)24(31)34(33-23)27(3)8-9-27/h4-5,10-11,14,17,19H,6-9,12,30-31H2,1-3H3,(H,32,35,36). The lowest BCUT2D eigenvalue weighted by atomic mass is 9.43. The molecule has 0 spiro atoms. The van der Waals surface area contributed by atoms with Crippen LogP contribution in [0.2, 0.25) is 0 Å². The molecular formula is C27H31FN6O2. The van der Waals surface area contributed by atoms with Crippen molar-refractivity contribution >= 4 is 17.6 Å². The van der Waals surface area contributed by atoms with Crippen LogP contribution in [-0.2, 0) is 15.1 Å². The Labute approximate surface area is 209 Å². The molecule has 1 aromatic heterocycles. The van der Waals surface area contributed by atoms with Gasteiger partial charge in [0.05, 0.1) is 11.5 Å². The van der Waals surface area contributed by atoms with E-state index in [1.54, 1.807) is 17.7 Å². The first-order valence-electron chi connectivity index (χ1n) is 12.4. The van der Waals surface area contributed by atoms with Crippen molar-refractivity contribution in [3.63, 3.8) is 0 Å². The van der Waals surface area contributed by atoms with Crippen molar-refractivity contribution in [3.8, 4) is 17.3 Å². The SMILES string of the molecule is CC(C(=O)NC(=O)C=C(N)C1CC2(C)CCC12)c1ccc(-c2nn(C3(C)CC3)c(N)c2C#N)c(F)c1. The van der Waals surface area contributed by atoms with E-state index in [0.29, 0.717) is 22.6 Å². The first-order chi connectivity index (χ1) is 17.0. The van der Waals surface area contributed by atoms with Gasteiger partial charge in [0.15, 0.2) is 0 Å². The van der Waals surface area contributed by atoms with E-state index >= 15 is 4.39 Å². The summed E-state index contributed by atoms with van der Waals surface area (Å²) in [5.41, 5.74) is 13.7. The average Bonchev–Trinajstić information content (AvgIpc) is 3.48. The van der Waals surface area contributed by atoms with Crippen molar-refractivity contribution < 1.29 is 14.0 Å². The Morgan fingerprint density at radius 2 is 2.06 bits per heavy atom. The van der Waals surface area contributed by atoms with Crippen LogP contribution in [0.3, 0.4) is 0 Å². The monoisotopic (exact) mass is 490 g/mol. The maximum absolute atomic E-state index is 15.2. The van der Waals surface area contributed by atoms with Crippen LogP contribution in [0.1, 0.15) is 69.9 Å². The van der Waals surface area contributed by atoms with Crippen molar-refractivity contribution in [3.05, 3.63) is 46.9 Å². The maximum atomic E-state index is 15.2. The zero-order chi connectivity index (χ0) is 26.0. The highest BCUT2D eigenvalue weighted by Crippen LogP contribution is 2.65. The number of anilines is 1. The minimum Gasteiger partial charge on any atom is -0.402 e. The number of allylic oxidation sites excluding steroid dienone is 1. The molecule has 3 fully saturated rings. The average molecular weight is 491 g/mol. The van der Waals surface area contributed by atoms with Gasteiger partial charge in [0.25, 0.3) is 5.91 Å². The second kappa shape index (κ2) is 8.19. The lowest BCUT2D eigenvalue weighted by Crippen LogP contribution is -2.55. The fourth-order valence-corrected chi connectivity index (χ4v) is 5.78. The van der Waals surface area contributed by atoms with Crippen LogP contribution in [0.15, 0.2) is 30.0 Å². The van der Waals surface area contributed by atoms with Crippen LogP contribution in [0.4, 0.5) is 10.2 Å². The topological polar surface area (TPSA) is 140 Å². The molecule has 3 aliphatic carbocycles. The van der Waals surface area contributed by atoms with Gasteiger partial charge in [0.2, 0.25) is 5.91 Å². The normalized spacial score (nSPS) is 26.6. The Morgan fingerprint density at radius 3 is 2.58 bits per heavy atom. The number of hydrogen-bond donors (Lipinski definition) is 3. The van der Waals surface area contributed by atoms with Crippen LogP contribution < -0.4 is 16.8 Å². The molecule has 4 unspecified atom stereocenters. The summed E-state index contributed by atoms with van der Waals surface area (Å²) in [5, 5.41) is 16.4. The van der Waals surface area contributed by atoms with Gasteiger partial charge in [-0.3, -0.25) is 14.9 Å². The number of amides is 2. The molecule has 0 aliphatic heterocycles. The molecule has 8 nitrogen and oxygen atoms in total. The Balaban J connectivity index is 1.29. The highest BCUT2D eigenvalue weighted by atomic mass is 19.1. The van der Waals surface area contributed by atoms with Crippen molar-refractivity contribution in [1.82, 2.24) is 15.1 Å². The molecule has 3 aliphatic rings. The quantitative estimate of drug-likeness (QED) is 0.528. The lowest BCUT2D eigenvalue weighted by Gasteiger charge is -2.62. The number of nitrogens with zero attached hydrogens (tertiary/aromatic N) is 3. The number of imide groups is 1. The first-order valence-corrected chi connectivity index (χ1v) is 12.4. The highest BCUT2D eigenvalue weighted by molar-refractivity contribution is 6.03. The Morgan fingerprint density at radius 1 is 1.33 bits per heavy atom. The van der Waals surface area contributed by atoms with E-state index in [1.807, 2.05) is 13.0 Å². The molecule has 5 rings (SSSR count). The third-order valence-electron chi connectivity index (χ3n) is 8.73. The number of nitriles is 1. The molecular weight excluding hydrogens is 459 g/mol. The van der Waals surface area contributed by atoms with Gasteiger partial charge in [-0.15, -0.1) is 0 Å². The summed E-state index contributed by atoms with van der Waals surface area (Å²) in [4.78, 5) is 25.1. The summed E-state index contributed by atoms with van der Waals surface area (Å²) < 4.78 is 16.8. The fourth-order valence-electron chi connectivity index (χ4n) is 5.78. The van der Waals surface area contributed by atoms with Gasteiger partial charge in [-0.2, -0.15) is 10.4 Å². The minimum atomic E-state index is -0.783. The molecule has 2 aromatic rings. The Kier molecular flexibility index (Phi) is 5.47. The van der Waals surface area contributed by atoms with Gasteiger partial charge in [-0.25, -0.2) is 9.07 Å². The summed E-state index contributed by atoms with van der Waals surface area (Å²) in [6.07, 6.45) is 6.37. The number of carbonyl (C=O) groups excluding carboxylic acids is 2. The number of carbonyl (C=O) groups is 2. The molecule has 36 heavy (non-hydrogen) atoms. The maximum Gasteiger partial charge on any atom is 0.252 e. The number of hydrogen-bond acceptors (Lipinski definition) is 6. The van der Waals surface area contributed by atoms with Gasteiger partial charge in [0.1, 0.15) is 29.0 Å².